The van der Waals surface area contributed by atoms with E-state index in [0.29, 0.717) is 19.5 Å². The molecule has 1 rings (SSSR count). The summed E-state index contributed by atoms with van der Waals surface area (Å²) in [6.45, 7) is 4.94. The second kappa shape index (κ2) is 5.53. The first-order valence-electron chi connectivity index (χ1n) is 5.48. The average Bonchev–Trinajstić information content (AvgIpc) is 2.25. The lowest BCUT2D eigenvalue weighted by Gasteiger charge is -2.27. The first kappa shape index (κ1) is 12.5. The molecular weight excluding hydrogens is 208 g/mol. The molecule has 5 nitrogen and oxygen atoms in total. The van der Waals surface area contributed by atoms with E-state index >= 15 is 0 Å². The molecule has 1 aliphatic heterocycles. The van der Waals surface area contributed by atoms with E-state index in [9.17, 15) is 9.59 Å². The van der Waals surface area contributed by atoms with E-state index in [2.05, 4.69) is 11.4 Å². The fourth-order valence-corrected chi connectivity index (χ4v) is 1.66. The zero-order chi connectivity index (χ0) is 12.1. The number of hydrogen-bond donors (Lipinski definition) is 2. The number of carboxylic acids is 1. The first-order valence-corrected chi connectivity index (χ1v) is 5.48. The second-order valence-corrected chi connectivity index (χ2v) is 4.01. The van der Waals surface area contributed by atoms with Gasteiger partial charge in [0.05, 0.1) is 0 Å². The van der Waals surface area contributed by atoms with Gasteiger partial charge in [-0.1, -0.05) is 18.6 Å². The molecule has 0 aromatic rings. The minimum absolute atomic E-state index is 0.290. The van der Waals surface area contributed by atoms with Crippen LogP contribution in [0.25, 0.3) is 0 Å². The van der Waals surface area contributed by atoms with Crippen LogP contribution in [0.1, 0.15) is 26.7 Å². The van der Waals surface area contributed by atoms with Crippen LogP contribution in [-0.4, -0.2) is 41.1 Å². The predicted molar refractivity (Wildman–Crippen MR) is 60.2 cm³/mol. The van der Waals surface area contributed by atoms with Crippen LogP contribution in [0.4, 0.5) is 4.79 Å². The number of nitrogens with zero attached hydrogens (tertiary/aromatic N) is 1. The lowest BCUT2D eigenvalue weighted by molar-refractivity contribution is -0.139. The van der Waals surface area contributed by atoms with Gasteiger partial charge in [0.2, 0.25) is 0 Å². The SMILES string of the molecule is CC[C@@H](NC(=O)N1CCC=C(C)C1)C(=O)O. The van der Waals surface area contributed by atoms with Gasteiger partial charge in [0.15, 0.2) is 0 Å². The monoisotopic (exact) mass is 226 g/mol. The Bertz CT molecular complexity index is 312. The van der Waals surface area contributed by atoms with Crippen molar-refractivity contribution in [3.63, 3.8) is 0 Å². The largest absolute Gasteiger partial charge is 0.480 e. The van der Waals surface area contributed by atoms with Crippen molar-refractivity contribution in [1.82, 2.24) is 10.2 Å². The van der Waals surface area contributed by atoms with Crippen molar-refractivity contribution in [3.05, 3.63) is 11.6 Å². The van der Waals surface area contributed by atoms with Crippen molar-refractivity contribution < 1.29 is 14.7 Å². The van der Waals surface area contributed by atoms with Crippen LogP contribution < -0.4 is 5.32 Å². The fraction of sp³-hybridized carbons (Fsp3) is 0.636. The van der Waals surface area contributed by atoms with Crippen molar-refractivity contribution in [1.29, 1.82) is 0 Å². The Morgan fingerprint density at radius 2 is 2.31 bits per heavy atom. The van der Waals surface area contributed by atoms with E-state index in [1.807, 2.05) is 6.92 Å². The lowest BCUT2D eigenvalue weighted by Crippen LogP contribution is -2.49. The number of urea groups is 1. The minimum Gasteiger partial charge on any atom is -0.480 e. The van der Waals surface area contributed by atoms with Crippen molar-refractivity contribution in [2.45, 2.75) is 32.7 Å². The van der Waals surface area contributed by atoms with Crippen molar-refractivity contribution in [2.75, 3.05) is 13.1 Å². The molecule has 0 unspecified atom stereocenters. The van der Waals surface area contributed by atoms with Crippen molar-refractivity contribution in [3.8, 4) is 0 Å². The predicted octanol–water partition coefficient (Wildman–Crippen LogP) is 1.21. The molecule has 0 saturated carbocycles. The molecule has 16 heavy (non-hydrogen) atoms. The third-order valence-corrected chi connectivity index (χ3v) is 2.62. The molecule has 0 saturated heterocycles. The van der Waals surface area contributed by atoms with Crippen LogP contribution in [0.15, 0.2) is 11.6 Å². The Labute approximate surface area is 95.1 Å². The summed E-state index contributed by atoms with van der Waals surface area (Å²) < 4.78 is 0. The van der Waals surface area contributed by atoms with E-state index in [1.165, 1.54) is 0 Å². The van der Waals surface area contributed by atoms with Gasteiger partial charge < -0.3 is 15.3 Å². The average molecular weight is 226 g/mol. The molecular formula is C11H18N2O3. The lowest BCUT2D eigenvalue weighted by atomic mass is 10.1. The molecule has 0 bridgehead atoms. The van der Waals surface area contributed by atoms with Gasteiger partial charge in [-0.3, -0.25) is 0 Å². The number of aliphatic carboxylic acids is 1. The summed E-state index contributed by atoms with van der Waals surface area (Å²) >= 11 is 0. The highest BCUT2D eigenvalue weighted by Crippen LogP contribution is 2.09. The third kappa shape index (κ3) is 3.25. The summed E-state index contributed by atoms with van der Waals surface area (Å²) in [6, 6.07) is -1.08. The van der Waals surface area contributed by atoms with Crippen molar-refractivity contribution in [2.24, 2.45) is 0 Å². The van der Waals surface area contributed by atoms with Crippen LogP contribution in [0.5, 0.6) is 0 Å². The summed E-state index contributed by atoms with van der Waals surface area (Å²) in [5.41, 5.74) is 1.14. The van der Waals surface area contributed by atoms with E-state index in [-0.39, 0.29) is 6.03 Å². The van der Waals surface area contributed by atoms with E-state index in [4.69, 9.17) is 5.11 Å². The Kier molecular flexibility index (Phi) is 4.34. The van der Waals surface area contributed by atoms with Crippen LogP contribution in [0, 0.1) is 0 Å². The summed E-state index contributed by atoms with van der Waals surface area (Å²) in [7, 11) is 0. The van der Waals surface area contributed by atoms with E-state index in [0.717, 1.165) is 12.0 Å². The number of carbonyl (C=O) groups excluding carboxylic acids is 1. The normalized spacial score (nSPS) is 17.6. The number of nitrogens with one attached hydrogen (secondary N) is 1. The molecule has 1 heterocycles. The molecule has 2 amide bonds. The maximum Gasteiger partial charge on any atom is 0.326 e. The highest BCUT2D eigenvalue weighted by atomic mass is 16.4. The smallest absolute Gasteiger partial charge is 0.326 e. The van der Waals surface area contributed by atoms with Crippen LogP contribution >= 0.6 is 0 Å². The van der Waals surface area contributed by atoms with Gasteiger partial charge in [0.1, 0.15) is 6.04 Å². The molecule has 1 aliphatic rings. The molecule has 1 atom stereocenters. The molecule has 0 aromatic carbocycles. The molecule has 0 aliphatic carbocycles. The Morgan fingerprint density at radius 3 is 2.81 bits per heavy atom. The minimum atomic E-state index is -0.986. The number of hydrogen-bond acceptors (Lipinski definition) is 2. The molecule has 5 heteroatoms. The molecule has 0 fully saturated rings. The van der Waals surface area contributed by atoms with Gasteiger partial charge in [-0.05, 0) is 19.8 Å². The Balaban J connectivity index is 2.52. The van der Waals surface area contributed by atoms with Gasteiger partial charge in [0.25, 0.3) is 0 Å². The van der Waals surface area contributed by atoms with Gasteiger partial charge >= 0.3 is 12.0 Å². The maximum absolute atomic E-state index is 11.7. The highest BCUT2D eigenvalue weighted by Gasteiger charge is 2.22. The molecule has 2 N–H and O–H groups in total. The number of rotatable bonds is 3. The first-order chi connectivity index (χ1) is 7.54. The third-order valence-electron chi connectivity index (χ3n) is 2.62. The number of amides is 2. The van der Waals surface area contributed by atoms with Gasteiger partial charge in [0, 0.05) is 13.1 Å². The van der Waals surface area contributed by atoms with Crippen molar-refractivity contribution >= 4 is 12.0 Å². The van der Waals surface area contributed by atoms with Gasteiger partial charge in [-0.15, -0.1) is 0 Å². The maximum atomic E-state index is 11.7. The summed E-state index contributed by atoms with van der Waals surface area (Å²) in [4.78, 5) is 24.1. The quantitative estimate of drug-likeness (QED) is 0.711. The molecule has 90 valence electrons. The molecule has 0 radical (unpaired) electrons. The van der Waals surface area contributed by atoms with E-state index in [1.54, 1.807) is 11.8 Å². The summed E-state index contributed by atoms with van der Waals surface area (Å²) in [5.74, 6) is -0.986. The van der Waals surface area contributed by atoms with Crippen LogP contribution in [0.3, 0.4) is 0 Å². The Morgan fingerprint density at radius 1 is 1.62 bits per heavy atom. The second-order valence-electron chi connectivity index (χ2n) is 4.01. The molecule has 0 aromatic heterocycles. The van der Waals surface area contributed by atoms with Crippen LogP contribution in [0.2, 0.25) is 0 Å². The van der Waals surface area contributed by atoms with Gasteiger partial charge in [-0.2, -0.15) is 0 Å². The summed E-state index contributed by atoms with van der Waals surface area (Å²) in [5, 5.41) is 11.3. The fourth-order valence-electron chi connectivity index (χ4n) is 1.66. The zero-order valence-electron chi connectivity index (χ0n) is 9.69. The van der Waals surface area contributed by atoms with E-state index < -0.39 is 12.0 Å². The number of carboxylic acid groups (broad SMARTS) is 1. The Hall–Kier alpha value is -1.52. The van der Waals surface area contributed by atoms with Gasteiger partial charge in [-0.25, -0.2) is 9.59 Å². The molecule has 0 spiro atoms. The zero-order valence-corrected chi connectivity index (χ0v) is 9.69. The topological polar surface area (TPSA) is 69.6 Å². The summed E-state index contributed by atoms with van der Waals surface area (Å²) in [6.07, 6.45) is 3.32. The standard InChI is InChI=1S/C11H18N2O3/c1-3-9(10(14)15)12-11(16)13-6-4-5-8(2)7-13/h5,9H,3-4,6-7H2,1-2H3,(H,12,16)(H,14,15)/t9-/m1/s1. The highest BCUT2D eigenvalue weighted by molar-refractivity contribution is 5.82. The van der Waals surface area contributed by atoms with Crippen LogP contribution in [-0.2, 0) is 4.79 Å². The number of carbonyl (C=O) groups is 2.